The Bertz CT molecular complexity index is 338. The monoisotopic (exact) mass is 212 g/mol. The highest BCUT2D eigenvalue weighted by Gasteiger charge is 2.28. The minimum Gasteiger partial charge on any atom is -0.394 e. The molecule has 1 aliphatic carbocycles. The summed E-state index contributed by atoms with van der Waals surface area (Å²) in [6.45, 7) is 2.13. The first-order valence-electron chi connectivity index (χ1n) is 4.71. The Morgan fingerprint density at radius 2 is 2.36 bits per heavy atom. The third-order valence-electron chi connectivity index (χ3n) is 2.48. The van der Waals surface area contributed by atoms with Crippen LogP contribution in [0.2, 0.25) is 5.28 Å². The summed E-state index contributed by atoms with van der Waals surface area (Å²) in [5.41, 5.74) is 6.26. The second-order valence-corrected chi connectivity index (χ2v) is 4.05. The smallest absolute Gasteiger partial charge is 0.224 e. The van der Waals surface area contributed by atoms with E-state index in [1.165, 1.54) is 19.0 Å². The zero-order chi connectivity index (χ0) is 10.1. The summed E-state index contributed by atoms with van der Waals surface area (Å²) in [6.07, 6.45) is 4.09. The van der Waals surface area contributed by atoms with E-state index in [0.29, 0.717) is 17.5 Å². The van der Waals surface area contributed by atoms with E-state index in [9.17, 15) is 0 Å². The van der Waals surface area contributed by atoms with Crippen LogP contribution in [0.5, 0.6) is 0 Å². The molecule has 3 N–H and O–H groups in total. The molecule has 1 heterocycles. The molecule has 1 saturated carbocycles. The molecule has 0 aromatic carbocycles. The van der Waals surface area contributed by atoms with Crippen molar-refractivity contribution in [2.75, 3.05) is 11.1 Å². The van der Waals surface area contributed by atoms with Crippen LogP contribution in [-0.2, 0) is 0 Å². The first kappa shape index (κ1) is 9.52. The Labute approximate surface area is 87.9 Å². The van der Waals surface area contributed by atoms with Gasteiger partial charge in [-0.15, -0.1) is 0 Å². The molecule has 0 bridgehead atoms. The molecule has 1 aromatic rings. The van der Waals surface area contributed by atoms with Crippen molar-refractivity contribution in [3.05, 3.63) is 11.5 Å². The maximum atomic E-state index is 5.71. The van der Waals surface area contributed by atoms with Gasteiger partial charge in [-0.05, 0) is 37.3 Å². The normalized spacial score (nSPS) is 17.9. The van der Waals surface area contributed by atoms with E-state index in [-0.39, 0.29) is 5.28 Å². The lowest BCUT2D eigenvalue weighted by atomic mass is 10.2. The second kappa shape index (κ2) is 3.61. The first-order valence-corrected chi connectivity index (χ1v) is 5.09. The quantitative estimate of drug-likeness (QED) is 0.752. The summed E-state index contributed by atoms with van der Waals surface area (Å²) in [7, 11) is 0. The van der Waals surface area contributed by atoms with Gasteiger partial charge in [0.25, 0.3) is 0 Å². The number of halogens is 1. The van der Waals surface area contributed by atoms with Crippen LogP contribution in [0.4, 0.5) is 11.5 Å². The summed E-state index contributed by atoms with van der Waals surface area (Å²) in [5.74, 6) is 1.40. The van der Waals surface area contributed by atoms with Crippen LogP contribution >= 0.6 is 11.6 Å². The molecule has 0 radical (unpaired) electrons. The van der Waals surface area contributed by atoms with Crippen LogP contribution < -0.4 is 11.1 Å². The van der Waals surface area contributed by atoms with Crippen LogP contribution in [0, 0.1) is 5.92 Å². The van der Waals surface area contributed by atoms with Crippen molar-refractivity contribution in [2.24, 2.45) is 5.92 Å². The molecule has 1 aromatic heterocycles. The fourth-order valence-electron chi connectivity index (χ4n) is 1.41. The Morgan fingerprint density at radius 3 is 3.00 bits per heavy atom. The van der Waals surface area contributed by atoms with Crippen LogP contribution in [0.15, 0.2) is 6.20 Å². The molecule has 14 heavy (non-hydrogen) atoms. The molecular formula is C9H13ClN4. The number of anilines is 2. The maximum absolute atomic E-state index is 5.71. The van der Waals surface area contributed by atoms with Crippen molar-refractivity contribution in [1.82, 2.24) is 9.97 Å². The zero-order valence-electron chi connectivity index (χ0n) is 8.00. The molecule has 0 amide bonds. The van der Waals surface area contributed by atoms with Crippen molar-refractivity contribution in [3.63, 3.8) is 0 Å². The Balaban J connectivity index is 2.10. The van der Waals surface area contributed by atoms with Crippen molar-refractivity contribution in [2.45, 2.75) is 25.8 Å². The molecule has 1 aliphatic rings. The third kappa shape index (κ3) is 2.07. The molecule has 0 aliphatic heterocycles. The fourth-order valence-corrected chi connectivity index (χ4v) is 1.55. The lowest BCUT2D eigenvalue weighted by molar-refractivity contribution is 0.690. The van der Waals surface area contributed by atoms with Gasteiger partial charge in [0, 0.05) is 6.04 Å². The molecule has 1 atom stereocenters. The highest BCUT2D eigenvalue weighted by Crippen LogP contribution is 2.34. The maximum Gasteiger partial charge on any atom is 0.224 e. The number of hydrogen-bond acceptors (Lipinski definition) is 4. The van der Waals surface area contributed by atoms with Gasteiger partial charge in [-0.25, -0.2) is 4.98 Å². The number of nitrogens with two attached hydrogens (primary N) is 1. The fraction of sp³-hybridized carbons (Fsp3) is 0.556. The first-order chi connectivity index (χ1) is 6.66. The molecule has 1 unspecified atom stereocenters. The van der Waals surface area contributed by atoms with Crippen LogP contribution in [0.3, 0.4) is 0 Å². The molecule has 4 nitrogen and oxygen atoms in total. The molecule has 0 spiro atoms. The lowest BCUT2D eigenvalue weighted by Gasteiger charge is -2.14. The van der Waals surface area contributed by atoms with Crippen molar-refractivity contribution in [3.8, 4) is 0 Å². The predicted molar refractivity (Wildman–Crippen MR) is 57.3 cm³/mol. The summed E-state index contributed by atoms with van der Waals surface area (Å²) < 4.78 is 0. The summed E-state index contributed by atoms with van der Waals surface area (Å²) >= 11 is 5.68. The van der Waals surface area contributed by atoms with Crippen molar-refractivity contribution < 1.29 is 0 Å². The Kier molecular flexibility index (Phi) is 2.46. The van der Waals surface area contributed by atoms with E-state index in [1.54, 1.807) is 0 Å². The second-order valence-electron chi connectivity index (χ2n) is 3.71. The molecule has 2 rings (SSSR count). The number of rotatable bonds is 3. The van der Waals surface area contributed by atoms with E-state index in [2.05, 4.69) is 22.2 Å². The van der Waals surface area contributed by atoms with Crippen LogP contribution in [0.1, 0.15) is 19.8 Å². The van der Waals surface area contributed by atoms with Gasteiger partial charge in [0.2, 0.25) is 5.28 Å². The summed E-state index contributed by atoms with van der Waals surface area (Å²) in [5, 5.41) is 3.48. The van der Waals surface area contributed by atoms with Crippen molar-refractivity contribution in [1.29, 1.82) is 0 Å². The number of nitrogens with one attached hydrogen (secondary N) is 1. The van der Waals surface area contributed by atoms with Gasteiger partial charge < -0.3 is 11.1 Å². The van der Waals surface area contributed by atoms with Gasteiger partial charge in [-0.2, -0.15) is 4.98 Å². The van der Waals surface area contributed by atoms with Gasteiger partial charge >= 0.3 is 0 Å². The number of aromatic nitrogens is 2. The van der Waals surface area contributed by atoms with E-state index in [4.69, 9.17) is 17.3 Å². The van der Waals surface area contributed by atoms with Crippen LogP contribution in [-0.4, -0.2) is 16.0 Å². The third-order valence-corrected chi connectivity index (χ3v) is 2.66. The number of nitrogen functional groups attached to an aromatic ring is 1. The van der Waals surface area contributed by atoms with Gasteiger partial charge in [-0.1, -0.05) is 0 Å². The van der Waals surface area contributed by atoms with Gasteiger partial charge in [0.15, 0.2) is 5.82 Å². The molecule has 1 fully saturated rings. The highest BCUT2D eigenvalue weighted by molar-refractivity contribution is 6.28. The Morgan fingerprint density at radius 1 is 1.64 bits per heavy atom. The highest BCUT2D eigenvalue weighted by atomic mass is 35.5. The van der Waals surface area contributed by atoms with E-state index >= 15 is 0 Å². The van der Waals surface area contributed by atoms with Crippen LogP contribution in [0.25, 0.3) is 0 Å². The lowest BCUT2D eigenvalue weighted by Crippen LogP contribution is -2.19. The topological polar surface area (TPSA) is 63.8 Å². The predicted octanol–water partition coefficient (Wildman–Crippen LogP) is 1.92. The van der Waals surface area contributed by atoms with Gasteiger partial charge in [0.05, 0.1) is 11.9 Å². The average molecular weight is 213 g/mol. The zero-order valence-corrected chi connectivity index (χ0v) is 8.75. The molecular weight excluding hydrogens is 200 g/mol. The minimum absolute atomic E-state index is 0.227. The van der Waals surface area contributed by atoms with E-state index in [1.807, 2.05) is 0 Å². The molecule has 5 heteroatoms. The van der Waals surface area contributed by atoms with Crippen molar-refractivity contribution >= 4 is 23.1 Å². The molecule has 76 valence electrons. The standard InChI is InChI=1S/C9H13ClN4/c1-5(6-2-3-6)13-8-7(11)4-12-9(10)14-8/h4-6H,2-3,11H2,1H3,(H,12,13,14). The van der Waals surface area contributed by atoms with Gasteiger partial charge in [-0.3, -0.25) is 0 Å². The van der Waals surface area contributed by atoms with Gasteiger partial charge in [0.1, 0.15) is 0 Å². The number of nitrogens with zero attached hydrogens (tertiary/aromatic N) is 2. The minimum atomic E-state index is 0.227. The van der Waals surface area contributed by atoms with E-state index < -0.39 is 0 Å². The SMILES string of the molecule is CC(Nc1nc(Cl)ncc1N)C1CC1. The Hall–Kier alpha value is -1.03. The average Bonchev–Trinajstić information content (AvgIpc) is 2.94. The van der Waals surface area contributed by atoms with E-state index in [0.717, 1.165) is 5.92 Å². The largest absolute Gasteiger partial charge is 0.394 e. The summed E-state index contributed by atoms with van der Waals surface area (Å²) in [4.78, 5) is 7.84. The number of hydrogen-bond donors (Lipinski definition) is 2. The molecule has 0 saturated heterocycles. The summed E-state index contributed by atoms with van der Waals surface area (Å²) in [6, 6.07) is 0.406.